The molecule has 200 valence electrons. The Bertz CT molecular complexity index is 869. The minimum Gasteiger partial charge on any atom is -0.396 e. The molecule has 0 bridgehead atoms. The maximum atomic E-state index is 13.2. The molecular weight excluding hydrogens is 509 g/mol. The molecule has 4 rings (SSSR count). The highest BCUT2D eigenvalue weighted by Gasteiger charge is 2.24. The summed E-state index contributed by atoms with van der Waals surface area (Å²) < 4.78 is 31.5. The summed E-state index contributed by atoms with van der Waals surface area (Å²) in [5, 5.41) is 15.9. The van der Waals surface area contributed by atoms with Crippen LogP contribution in [0.5, 0.6) is 0 Å². The lowest BCUT2D eigenvalue weighted by Crippen LogP contribution is -2.39. The van der Waals surface area contributed by atoms with Gasteiger partial charge in [-0.2, -0.15) is 0 Å². The molecule has 0 aromatic heterocycles. The van der Waals surface area contributed by atoms with Crippen LogP contribution in [0.2, 0.25) is 10.0 Å². The molecule has 0 spiro atoms. The zero-order chi connectivity index (χ0) is 25.9. The summed E-state index contributed by atoms with van der Waals surface area (Å²) >= 11 is 11.7. The quantitative estimate of drug-likeness (QED) is 0.414. The van der Waals surface area contributed by atoms with Crippen molar-refractivity contribution in [3.63, 3.8) is 0 Å². The number of hydrogen-bond acceptors (Lipinski definition) is 6. The van der Waals surface area contributed by atoms with E-state index in [4.69, 9.17) is 33.0 Å². The number of nitrogens with one attached hydrogen (secondary N) is 2. The predicted octanol–water partition coefficient (Wildman–Crippen LogP) is 4.32. The van der Waals surface area contributed by atoms with Gasteiger partial charge >= 0.3 is 0 Å². The maximum Gasteiger partial charge on any atom is 0.141 e. The zero-order valence-corrected chi connectivity index (χ0v) is 22.2. The summed E-state index contributed by atoms with van der Waals surface area (Å²) in [5.74, 6) is -0.774. The monoisotopic (exact) mass is 544 g/mol. The van der Waals surface area contributed by atoms with Gasteiger partial charge in [0.1, 0.15) is 11.6 Å². The molecule has 3 N–H and O–H groups in total. The molecule has 2 aliphatic heterocycles. The molecule has 10 heteroatoms. The summed E-state index contributed by atoms with van der Waals surface area (Å²) in [7, 11) is 1.68. The molecule has 2 saturated heterocycles. The number of rotatable bonds is 10. The van der Waals surface area contributed by atoms with E-state index in [1.807, 2.05) is 0 Å². The van der Waals surface area contributed by atoms with E-state index >= 15 is 0 Å². The molecule has 0 saturated carbocycles. The van der Waals surface area contributed by atoms with Crippen LogP contribution in [0.1, 0.15) is 19.3 Å². The fourth-order valence-corrected chi connectivity index (χ4v) is 4.96. The summed E-state index contributed by atoms with van der Waals surface area (Å²) in [6, 6.07) is 10.5. The van der Waals surface area contributed by atoms with E-state index in [2.05, 4.69) is 20.4 Å². The van der Waals surface area contributed by atoms with Crippen LogP contribution in [0.25, 0.3) is 0 Å². The fourth-order valence-electron chi connectivity index (χ4n) is 4.61. The van der Waals surface area contributed by atoms with Crippen LogP contribution < -0.4 is 20.4 Å². The Morgan fingerprint density at radius 1 is 0.889 bits per heavy atom. The van der Waals surface area contributed by atoms with E-state index < -0.39 is 5.82 Å². The molecule has 2 aliphatic rings. The molecule has 36 heavy (non-hydrogen) atoms. The lowest BCUT2D eigenvalue weighted by atomic mass is 10.1. The summed E-state index contributed by atoms with van der Waals surface area (Å²) in [6.45, 7) is 6.21. The number of aliphatic hydroxyl groups is 1. The summed E-state index contributed by atoms with van der Waals surface area (Å²) in [4.78, 5) is 4.43. The minimum absolute atomic E-state index is 0.146. The first-order valence-electron chi connectivity index (χ1n) is 12.4. The van der Waals surface area contributed by atoms with Crippen molar-refractivity contribution in [3.8, 4) is 0 Å². The van der Waals surface area contributed by atoms with Gasteiger partial charge in [0.15, 0.2) is 0 Å². The predicted molar refractivity (Wildman–Crippen MR) is 144 cm³/mol. The third kappa shape index (κ3) is 8.16. The third-order valence-electron chi connectivity index (χ3n) is 6.51. The van der Waals surface area contributed by atoms with Gasteiger partial charge in [0.25, 0.3) is 0 Å². The smallest absolute Gasteiger partial charge is 0.141 e. The first kappa shape index (κ1) is 28.9. The Balaban J connectivity index is 0.000000201. The molecule has 2 atom stereocenters. The number of halogens is 4. The molecule has 0 unspecified atom stereocenters. The minimum atomic E-state index is -0.396. The highest BCUT2D eigenvalue weighted by atomic mass is 35.5. The highest BCUT2D eigenvalue weighted by Crippen LogP contribution is 2.27. The van der Waals surface area contributed by atoms with E-state index in [0.717, 1.165) is 63.5 Å². The van der Waals surface area contributed by atoms with E-state index in [0.29, 0.717) is 25.1 Å². The van der Waals surface area contributed by atoms with Crippen LogP contribution in [0.4, 0.5) is 20.2 Å². The van der Waals surface area contributed by atoms with E-state index in [1.54, 1.807) is 31.4 Å². The van der Waals surface area contributed by atoms with Crippen molar-refractivity contribution < 1.29 is 18.6 Å². The van der Waals surface area contributed by atoms with Gasteiger partial charge in [0.2, 0.25) is 0 Å². The second kappa shape index (κ2) is 14.9. The molecule has 0 amide bonds. The summed E-state index contributed by atoms with van der Waals surface area (Å²) in [6.07, 6.45) is 2.84. The van der Waals surface area contributed by atoms with Gasteiger partial charge in [-0.25, -0.2) is 8.78 Å². The van der Waals surface area contributed by atoms with Gasteiger partial charge in [0, 0.05) is 63.4 Å². The van der Waals surface area contributed by atoms with Crippen LogP contribution in [0, 0.1) is 11.6 Å². The molecule has 0 radical (unpaired) electrons. The largest absolute Gasteiger partial charge is 0.396 e. The van der Waals surface area contributed by atoms with Crippen molar-refractivity contribution in [2.45, 2.75) is 31.3 Å². The fraction of sp³-hybridized carbons (Fsp3) is 0.538. The van der Waals surface area contributed by atoms with Crippen LogP contribution in [-0.4, -0.2) is 76.8 Å². The average molecular weight is 546 g/mol. The number of hydrogen-bond donors (Lipinski definition) is 3. The van der Waals surface area contributed by atoms with Crippen LogP contribution in [0.15, 0.2) is 36.4 Å². The van der Waals surface area contributed by atoms with Crippen molar-refractivity contribution in [2.75, 3.05) is 69.4 Å². The van der Waals surface area contributed by atoms with Gasteiger partial charge in [-0.1, -0.05) is 23.2 Å². The van der Waals surface area contributed by atoms with E-state index in [9.17, 15) is 8.78 Å². The molecular formula is C26H36Cl2F2N4O2. The third-order valence-corrected chi connectivity index (χ3v) is 7.09. The number of methoxy groups -OCH3 is 1. The lowest BCUT2D eigenvalue weighted by Gasteiger charge is -2.30. The van der Waals surface area contributed by atoms with E-state index in [-0.39, 0.29) is 22.5 Å². The van der Waals surface area contributed by atoms with Gasteiger partial charge in [-0.3, -0.25) is 0 Å². The van der Waals surface area contributed by atoms with Crippen LogP contribution in [-0.2, 0) is 4.74 Å². The Labute approximate surface area is 222 Å². The first-order valence-corrected chi connectivity index (χ1v) is 13.1. The number of aliphatic hydroxyl groups excluding tert-OH is 1. The molecule has 0 aliphatic carbocycles. The Morgan fingerprint density at radius 3 is 1.78 bits per heavy atom. The van der Waals surface area contributed by atoms with Crippen molar-refractivity contribution in [3.05, 3.63) is 58.1 Å². The highest BCUT2D eigenvalue weighted by molar-refractivity contribution is 6.31. The Kier molecular flexibility index (Phi) is 12.0. The van der Waals surface area contributed by atoms with Gasteiger partial charge in [0.05, 0.1) is 16.7 Å². The summed E-state index contributed by atoms with van der Waals surface area (Å²) in [5.41, 5.74) is 1.87. The van der Waals surface area contributed by atoms with E-state index in [1.165, 1.54) is 12.1 Å². The Morgan fingerprint density at radius 2 is 1.39 bits per heavy atom. The second-order valence-electron chi connectivity index (χ2n) is 8.95. The number of anilines is 2. The molecule has 2 aromatic rings. The van der Waals surface area contributed by atoms with Crippen molar-refractivity contribution >= 4 is 34.6 Å². The second-order valence-corrected chi connectivity index (χ2v) is 9.76. The standard InChI is InChI=1S/2C13H18ClFN2O/c1-18-7-6-17(11-4-5-16-9-11)10-2-3-13(15)12(14)8-10;14-12-8-10(2-3-13(12)15)17(6-1-7-18)11-4-5-16-9-11/h2-3,8,11,16H,4-7,9H2,1H3;2-3,8,11,16,18H,1,4-7,9H2/t2*11-/m00/s1. The average Bonchev–Trinajstić information content (AvgIpc) is 3.60. The van der Waals surface area contributed by atoms with Crippen LogP contribution >= 0.6 is 23.2 Å². The molecule has 6 nitrogen and oxygen atoms in total. The van der Waals surface area contributed by atoms with Crippen molar-refractivity contribution in [2.24, 2.45) is 0 Å². The first-order chi connectivity index (χ1) is 17.4. The number of ether oxygens (including phenoxy) is 1. The maximum absolute atomic E-state index is 13.2. The van der Waals surface area contributed by atoms with Crippen molar-refractivity contribution in [1.29, 1.82) is 0 Å². The van der Waals surface area contributed by atoms with Gasteiger partial charge in [-0.15, -0.1) is 0 Å². The van der Waals surface area contributed by atoms with Gasteiger partial charge < -0.3 is 30.3 Å². The van der Waals surface area contributed by atoms with Crippen LogP contribution in [0.3, 0.4) is 0 Å². The van der Waals surface area contributed by atoms with Gasteiger partial charge in [-0.05, 0) is 68.8 Å². The zero-order valence-electron chi connectivity index (χ0n) is 20.7. The Hall–Kier alpha value is -1.68. The SMILES string of the molecule is COCCN(c1ccc(F)c(Cl)c1)[C@H]1CCNC1.OCCCN(c1ccc(F)c(Cl)c1)[C@H]1CCNC1. The normalized spacial score (nSPS) is 19.2. The molecule has 2 heterocycles. The topological polar surface area (TPSA) is 60.0 Å². The lowest BCUT2D eigenvalue weighted by molar-refractivity contribution is 0.203. The number of benzene rings is 2. The number of nitrogens with zero attached hydrogens (tertiary/aromatic N) is 2. The molecule has 2 aromatic carbocycles. The van der Waals surface area contributed by atoms with Crippen molar-refractivity contribution in [1.82, 2.24) is 10.6 Å². The molecule has 2 fully saturated rings.